The number of nitrogens with zero attached hydrogens (tertiary/aromatic N) is 5. The van der Waals surface area contributed by atoms with Crippen molar-refractivity contribution in [2.45, 2.75) is 85.4 Å². The van der Waals surface area contributed by atoms with Crippen LogP contribution < -0.4 is 10.6 Å². The zero-order chi connectivity index (χ0) is 29.7. The number of carbonyl (C=O) groups is 3. The van der Waals surface area contributed by atoms with Gasteiger partial charge in [-0.2, -0.15) is 5.10 Å². The summed E-state index contributed by atoms with van der Waals surface area (Å²) in [6, 6.07) is 8.55. The van der Waals surface area contributed by atoms with Crippen molar-refractivity contribution in [2.24, 2.45) is 5.92 Å². The molecule has 3 amide bonds. The molecule has 10 nitrogen and oxygen atoms in total. The van der Waals surface area contributed by atoms with Crippen LogP contribution in [-0.4, -0.2) is 61.5 Å². The smallest absolute Gasteiger partial charge is 0.265 e. The van der Waals surface area contributed by atoms with Crippen LogP contribution in [0.1, 0.15) is 92.0 Å². The van der Waals surface area contributed by atoms with Gasteiger partial charge in [-0.15, -0.1) is 11.3 Å². The molecule has 1 aliphatic heterocycles. The highest BCUT2D eigenvalue weighted by Crippen LogP contribution is 2.26. The predicted molar refractivity (Wildman–Crippen MR) is 159 cm³/mol. The molecule has 0 unspecified atom stereocenters. The lowest BCUT2D eigenvalue weighted by molar-refractivity contribution is -0.129. The highest BCUT2D eigenvalue weighted by atomic mass is 32.1. The number of carbonyl (C=O) groups excluding carboxylic acids is 3. The number of rotatable bonds is 5. The Morgan fingerprint density at radius 3 is 2.44 bits per heavy atom. The predicted octanol–water partition coefficient (Wildman–Crippen LogP) is 4.48. The second-order valence-electron chi connectivity index (χ2n) is 11.4. The highest BCUT2D eigenvalue weighted by Gasteiger charge is 2.28. The van der Waals surface area contributed by atoms with Crippen molar-refractivity contribution in [1.82, 2.24) is 35.3 Å². The van der Waals surface area contributed by atoms with Crippen molar-refractivity contribution in [2.75, 3.05) is 13.1 Å². The third kappa shape index (κ3) is 7.58. The van der Waals surface area contributed by atoms with Gasteiger partial charge in [-0.1, -0.05) is 58.0 Å². The number of hydrogen-bond donors (Lipinski definition) is 2. The van der Waals surface area contributed by atoms with Crippen molar-refractivity contribution >= 4 is 29.1 Å². The van der Waals surface area contributed by atoms with Gasteiger partial charge >= 0.3 is 0 Å². The number of aromatic nitrogens is 4. The number of nitrogens with one attached hydrogen (secondary N) is 2. The van der Waals surface area contributed by atoms with Gasteiger partial charge in [-0.05, 0) is 32.6 Å². The molecule has 0 saturated carbocycles. The monoisotopic (exact) mass is 579 g/mol. The Morgan fingerprint density at radius 2 is 1.78 bits per heavy atom. The Morgan fingerprint density at radius 1 is 1.05 bits per heavy atom. The average molecular weight is 580 g/mol. The highest BCUT2D eigenvalue weighted by molar-refractivity contribution is 7.13. The van der Waals surface area contributed by atoms with E-state index in [0.717, 1.165) is 16.3 Å². The van der Waals surface area contributed by atoms with Gasteiger partial charge in [0.25, 0.3) is 5.91 Å². The van der Waals surface area contributed by atoms with Gasteiger partial charge in [0.05, 0.1) is 23.3 Å². The molecule has 0 saturated heterocycles. The summed E-state index contributed by atoms with van der Waals surface area (Å²) in [4.78, 5) is 51.8. The molecule has 1 aliphatic rings. The van der Waals surface area contributed by atoms with Gasteiger partial charge in [0.2, 0.25) is 11.8 Å². The molecule has 1 aromatic carbocycles. The Balaban J connectivity index is 1.69. The van der Waals surface area contributed by atoms with Crippen molar-refractivity contribution < 1.29 is 14.4 Å². The topological polar surface area (TPSA) is 122 Å². The third-order valence-corrected chi connectivity index (χ3v) is 8.49. The van der Waals surface area contributed by atoms with Gasteiger partial charge < -0.3 is 15.5 Å². The lowest BCUT2D eigenvalue weighted by Gasteiger charge is -2.26. The number of hydrogen-bond acceptors (Lipinski definition) is 7. The molecule has 2 aromatic heterocycles. The van der Waals surface area contributed by atoms with Gasteiger partial charge in [0.15, 0.2) is 5.82 Å². The standard InChI is InChI=1S/C30H41N7O3S/c1-18(2)17-23-28(39)31-21(6)27-34-26(22-11-8-7-9-12-22)35-37(27)16-15-36(14-10-13-24(38)33-23)30(40)25-20(5)32-29(41-25)19(3)4/h7-9,11-12,18-19,21,23H,10,13-17H2,1-6H3,(H,31,39)(H,33,38)/t21-,23-/m1/s1. The molecule has 220 valence electrons. The van der Waals surface area contributed by atoms with E-state index in [1.54, 1.807) is 9.58 Å². The molecule has 0 fully saturated rings. The molecule has 2 atom stereocenters. The van der Waals surface area contributed by atoms with E-state index in [2.05, 4.69) is 29.5 Å². The molecule has 0 radical (unpaired) electrons. The van der Waals surface area contributed by atoms with Crippen molar-refractivity contribution in [3.05, 3.63) is 51.7 Å². The van der Waals surface area contributed by atoms with Crippen LogP contribution in [0.2, 0.25) is 0 Å². The Bertz CT molecular complexity index is 1370. The van der Waals surface area contributed by atoms with Gasteiger partial charge in [0.1, 0.15) is 16.7 Å². The van der Waals surface area contributed by atoms with E-state index in [1.807, 2.05) is 58.0 Å². The maximum atomic E-state index is 13.8. The summed E-state index contributed by atoms with van der Waals surface area (Å²) < 4.78 is 1.79. The number of amides is 3. The molecular formula is C30H41N7O3S. The molecule has 4 rings (SSSR count). The Kier molecular flexibility index (Phi) is 9.90. The summed E-state index contributed by atoms with van der Waals surface area (Å²) in [5.41, 5.74) is 1.59. The van der Waals surface area contributed by atoms with E-state index in [-0.39, 0.29) is 36.0 Å². The average Bonchev–Trinajstić information content (AvgIpc) is 3.53. The van der Waals surface area contributed by atoms with E-state index in [9.17, 15) is 14.4 Å². The summed E-state index contributed by atoms with van der Waals surface area (Å²) in [6.45, 7) is 13.1. The van der Waals surface area contributed by atoms with Crippen molar-refractivity contribution in [3.8, 4) is 11.4 Å². The summed E-state index contributed by atoms with van der Waals surface area (Å²) in [5, 5.41) is 11.7. The first-order chi connectivity index (χ1) is 19.5. The van der Waals surface area contributed by atoms with Crippen LogP contribution in [-0.2, 0) is 16.1 Å². The molecule has 0 bridgehead atoms. The molecule has 41 heavy (non-hydrogen) atoms. The molecule has 0 spiro atoms. The van der Waals surface area contributed by atoms with E-state index in [4.69, 9.17) is 10.1 Å². The largest absolute Gasteiger partial charge is 0.345 e. The molecular weight excluding hydrogens is 538 g/mol. The second kappa shape index (κ2) is 13.4. The van der Waals surface area contributed by atoms with Crippen LogP contribution in [0.4, 0.5) is 0 Å². The Labute approximate surface area is 246 Å². The third-order valence-electron chi connectivity index (χ3n) is 7.04. The fourth-order valence-electron chi connectivity index (χ4n) is 4.86. The quantitative estimate of drug-likeness (QED) is 0.460. The summed E-state index contributed by atoms with van der Waals surface area (Å²) in [7, 11) is 0. The fourth-order valence-corrected chi connectivity index (χ4v) is 5.90. The zero-order valence-electron chi connectivity index (χ0n) is 24.8. The van der Waals surface area contributed by atoms with Crippen LogP contribution in [0, 0.1) is 12.8 Å². The van der Waals surface area contributed by atoms with Crippen molar-refractivity contribution in [1.29, 1.82) is 0 Å². The summed E-state index contributed by atoms with van der Waals surface area (Å²) >= 11 is 1.43. The molecule has 2 N–H and O–H groups in total. The minimum Gasteiger partial charge on any atom is -0.345 e. The lowest BCUT2D eigenvalue weighted by atomic mass is 10.0. The van der Waals surface area contributed by atoms with E-state index in [1.165, 1.54) is 11.3 Å². The Hall–Kier alpha value is -3.60. The van der Waals surface area contributed by atoms with E-state index >= 15 is 0 Å². The fraction of sp³-hybridized carbons (Fsp3) is 0.533. The zero-order valence-corrected chi connectivity index (χ0v) is 25.6. The first-order valence-electron chi connectivity index (χ1n) is 14.4. The van der Waals surface area contributed by atoms with E-state index < -0.39 is 12.1 Å². The van der Waals surface area contributed by atoms with Gasteiger partial charge in [0, 0.05) is 31.0 Å². The second-order valence-corrected chi connectivity index (χ2v) is 12.4. The minimum absolute atomic E-state index is 0.0941. The van der Waals surface area contributed by atoms with Gasteiger partial charge in [-0.3, -0.25) is 14.4 Å². The number of thiazole rings is 1. The normalized spacial score (nSPS) is 19.1. The first-order valence-corrected chi connectivity index (χ1v) is 15.2. The number of fused-ring (bicyclic) bond motifs is 1. The van der Waals surface area contributed by atoms with Crippen LogP contribution in [0.25, 0.3) is 11.4 Å². The van der Waals surface area contributed by atoms with Crippen LogP contribution in [0.5, 0.6) is 0 Å². The summed E-state index contributed by atoms with van der Waals surface area (Å²) in [6.07, 6.45) is 1.20. The SMILES string of the molecule is Cc1nc(C(C)C)sc1C(=O)N1CCCC(=O)N[C@H](CC(C)C)C(=O)N[C@H](C)c2nc(-c3ccccc3)nn2CC1. The molecule has 0 aliphatic carbocycles. The maximum absolute atomic E-state index is 13.8. The van der Waals surface area contributed by atoms with Crippen LogP contribution in [0.15, 0.2) is 30.3 Å². The van der Waals surface area contributed by atoms with Crippen LogP contribution in [0.3, 0.4) is 0 Å². The number of aryl methyl sites for hydroxylation is 1. The molecule has 11 heteroatoms. The van der Waals surface area contributed by atoms with Crippen LogP contribution >= 0.6 is 11.3 Å². The lowest BCUT2D eigenvalue weighted by Crippen LogP contribution is -2.48. The minimum atomic E-state index is -0.662. The first kappa shape index (κ1) is 30.4. The van der Waals surface area contributed by atoms with Gasteiger partial charge in [-0.25, -0.2) is 14.6 Å². The molecule has 3 heterocycles. The summed E-state index contributed by atoms with van der Waals surface area (Å²) in [5.74, 6) is 1.04. The maximum Gasteiger partial charge on any atom is 0.265 e. The van der Waals surface area contributed by atoms with E-state index in [0.29, 0.717) is 49.0 Å². The van der Waals surface area contributed by atoms with Crippen molar-refractivity contribution in [3.63, 3.8) is 0 Å². The number of benzene rings is 1. The molecule has 3 aromatic rings.